The quantitative estimate of drug-likeness (QED) is 0.318. The lowest BCUT2D eigenvalue weighted by atomic mass is 10.1. The fraction of sp³-hybridized carbons (Fsp3) is 0.350. The van der Waals surface area contributed by atoms with Crippen molar-refractivity contribution in [2.75, 3.05) is 6.61 Å². The summed E-state index contributed by atoms with van der Waals surface area (Å²) in [5, 5.41) is 0.733. The Morgan fingerprint density at radius 2 is 1.80 bits per heavy atom. The van der Waals surface area contributed by atoms with Crippen LogP contribution in [0.1, 0.15) is 35.1 Å². The predicted molar refractivity (Wildman–Crippen MR) is 105 cm³/mol. The third-order valence-electron chi connectivity index (χ3n) is 4.06. The summed E-state index contributed by atoms with van der Waals surface area (Å²) in [6.07, 6.45) is 0.882. The Bertz CT molecular complexity index is 787. The van der Waals surface area contributed by atoms with Crippen molar-refractivity contribution in [1.29, 1.82) is 0 Å². The summed E-state index contributed by atoms with van der Waals surface area (Å²) < 4.78 is 12.0. The minimum absolute atomic E-state index is 0.255. The molecule has 2 rings (SSSR count). The fourth-order valence-corrected chi connectivity index (χ4v) is 3.05. The Kier molecular flexibility index (Phi) is 6.91. The third kappa shape index (κ3) is 5.23. The van der Waals surface area contributed by atoms with Crippen LogP contribution in [0.15, 0.2) is 28.7 Å². The van der Waals surface area contributed by atoms with Gasteiger partial charge in [0.2, 0.25) is 0 Å². The van der Waals surface area contributed by atoms with Gasteiger partial charge in [0.15, 0.2) is 0 Å². The van der Waals surface area contributed by atoms with Crippen LogP contribution in [0.25, 0.3) is 0 Å². The zero-order chi connectivity index (χ0) is 18.6. The van der Waals surface area contributed by atoms with E-state index >= 15 is 0 Å². The lowest BCUT2D eigenvalue weighted by molar-refractivity contribution is -0.134. The fourth-order valence-electron chi connectivity index (χ4n) is 2.36. The first-order valence-electron chi connectivity index (χ1n) is 8.15. The van der Waals surface area contributed by atoms with Crippen LogP contribution in [0.5, 0.6) is 11.5 Å². The monoisotopic (exact) mass is 424 g/mol. The van der Waals surface area contributed by atoms with Crippen molar-refractivity contribution in [2.45, 2.75) is 40.5 Å². The van der Waals surface area contributed by atoms with E-state index < -0.39 is 0 Å². The maximum atomic E-state index is 11.9. The van der Waals surface area contributed by atoms with Crippen molar-refractivity contribution in [3.63, 3.8) is 0 Å². The van der Waals surface area contributed by atoms with E-state index in [1.807, 2.05) is 52.0 Å². The Balaban J connectivity index is 1.83. The van der Waals surface area contributed by atoms with Gasteiger partial charge < -0.3 is 9.47 Å². The van der Waals surface area contributed by atoms with Gasteiger partial charge in [-0.3, -0.25) is 4.79 Å². The summed E-state index contributed by atoms with van der Waals surface area (Å²) >= 11 is 9.71. The molecule has 0 spiro atoms. The zero-order valence-corrected chi connectivity index (χ0v) is 17.3. The first kappa shape index (κ1) is 19.8. The molecule has 0 fully saturated rings. The molecule has 2 aromatic rings. The van der Waals surface area contributed by atoms with Crippen LogP contribution in [0.4, 0.5) is 0 Å². The van der Waals surface area contributed by atoms with Gasteiger partial charge in [-0.15, -0.1) is 0 Å². The first-order valence-corrected chi connectivity index (χ1v) is 9.32. The molecule has 0 aromatic heterocycles. The number of aryl methyl sites for hydroxylation is 3. The van der Waals surface area contributed by atoms with Gasteiger partial charge in [0.25, 0.3) is 0 Å². The predicted octanol–water partition coefficient (Wildman–Crippen LogP) is 6.10. The molecule has 0 bridgehead atoms. The molecule has 0 atom stereocenters. The summed E-state index contributed by atoms with van der Waals surface area (Å²) in [5.41, 5.74) is 4.19. The second-order valence-electron chi connectivity index (χ2n) is 6.12. The average Bonchev–Trinajstić information content (AvgIpc) is 2.57. The minimum Gasteiger partial charge on any atom is -0.492 e. The number of hydrogen-bond donors (Lipinski definition) is 0. The van der Waals surface area contributed by atoms with E-state index in [1.165, 1.54) is 5.56 Å². The summed E-state index contributed by atoms with van der Waals surface area (Å²) in [6, 6.07) is 7.53. The molecule has 0 saturated heterocycles. The minimum atomic E-state index is -0.255. The molecule has 134 valence electrons. The molecular formula is C20H22BrClO3. The second kappa shape index (κ2) is 8.72. The molecule has 2 aromatic carbocycles. The van der Waals surface area contributed by atoms with Crippen LogP contribution in [0.2, 0.25) is 5.02 Å². The summed E-state index contributed by atoms with van der Waals surface area (Å²) in [6.45, 7) is 8.33. The Morgan fingerprint density at radius 1 is 1.08 bits per heavy atom. The third-order valence-corrected chi connectivity index (χ3v) is 5.63. The lowest BCUT2D eigenvalue weighted by Crippen LogP contribution is -2.10. The smallest absolute Gasteiger partial charge is 0.311 e. The van der Waals surface area contributed by atoms with Crippen molar-refractivity contribution < 1.29 is 14.3 Å². The van der Waals surface area contributed by atoms with E-state index in [-0.39, 0.29) is 5.97 Å². The van der Waals surface area contributed by atoms with Crippen molar-refractivity contribution in [3.8, 4) is 11.5 Å². The van der Waals surface area contributed by atoms with E-state index in [0.29, 0.717) is 25.2 Å². The van der Waals surface area contributed by atoms with E-state index in [9.17, 15) is 4.79 Å². The number of esters is 1. The van der Waals surface area contributed by atoms with E-state index in [1.54, 1.807) is 0 Å². The molecule has 25 heavy (non-hydrogen) atoms. The normalized spacial score (nSPS) is 10.6. The van der Waals surface area contributed by atoms with Crippen molar-refractivity contribution in [1.82, 2.24) is 0 Å². The molecule has 3 nitrogen and oxygen atoms in total. The van der Waals surface area contributed by atoms with Crippen LogP contribution in [-0.2, 0) is 4.79 Å². The topological polar surface area (TPSA) is 35.5 Å². The van der Waals surface area contributed by atoms with Crippen LogP contribution in [0, 0.1) is 27.7 Å². The average molecular weight is 426 g/mol. The van der Waals surface area contributed by atoms with Gasteiger partial charge in [-0.1, -0.05) is 17.7 Å². The maximum Gasteiger partial charge on any atom is 0.311 e. The van der Waals surface area contributed by atoms with Crippen LogP contribution < -0.4 is 9.47 Å². The largest absolute Gasteiger partial charge is 0.492 e. The molecule has 0 amide bonds. The lowest BCUT2D eigenvalue weighted by Gasteiger charge is -2.13. The van der Waals surface area contributed by atoms with E-state index in [0.717, 1.165) is 31.9 Å². The Labute approximate surface area is 162 Å². The summed E-state index contributed by atoms with van der Waals surface area (Å²) in [5.74, 6) is 1.07. The van der Waals surface area contributed by atoms with Gasteiger partial charge >= 0.3 is 5.97 Å². The molecule has 5 heteroatoms. The molecular weight excluding hydrogens is 404 g/mol. The highest BCUT2D eigenvalue weighted by atomic mass is 79.9. The second-order valence-corrected chi connectivity index (χ2v) is 7.29. The van der Waals surface area contributed by atoms with Crippen LogP contribution in [0.3, 0.4) is 0 Å². The van der Waals surface area contributed by atoms with Crippen molar-refractivity contribution in [3.05, 3.63) is 56.0 Å². The van der Waals surface area contributed by atoms with Gasteiger partial charge in [-0.2, -0.15) is 0 Å². The number of carbonyl (C=O) groups excluding carboxylic acids is 1. The molecule has 0 heterocycles. The van der Waals surface area contributed by atoms with Crippen LogP contribution >= 0.6 is 27.5 Å². The van der Waals surface area contributed by atoms with Gasteiger partial charge in [0.05, 0.1) is 11.1 Å². The number of benzene rings is 2. The zero-order valence-electron chi connectivity index (χ0n) is 14.9. The van der Waals surface area contributed by atoms with Gasteiger partial charge in [-0.05, 0) is 90.5 Å². The van der Waals surface area contributed by atoms with Gasteiger partial charge in [0.1, 0.15) is 11.5 Å². The number of hydrogen-bond acceptors (Lipinski definition) is 3. The molecule has 0 saturated carbocycles. The molecule has 0 N–H and O–H groups in total. The highest BCUT2D eigenvalue weighted by molar-refractivity contribution is 9.10. The summed E-state index contributed by atoms with van der Waals surface area (Å²) in [7, 11) is 0. The molecule has 0 radical (unpaired) electrons. The first-order chi connectivity index (χ1) is 11.8. The molecule has 0 aliphatic heterocycles. The van der Waals surface area contributed by atoms with Crippen molar-refractivity contribution in [2.24, 2.45) is 0 Å². The number of halogens is 2. The number of rotatable bonds is 6. The highest BCUT2D eigenvalue weighted by Gasteiger charge is 2.11. The number of ether oxygens (including phenoxy) is 2. The molecule has 0 unspecified atom stereocenters. The molecule has 0 aliphatic rings. The van der Waals surface area contributed by atoms with Crippen LogP contribution in [-0.4, -0.2) is 12.6 Å². The van der Waals surface area contributed by atoms with E-state index in [4.69, 9.17) is 21.1 Å². The maximum absolute atomic E-state index is 11.9. The van der Waals surface area contributed by atoms with Gasteiger partial charge in [-0.25, -0.2) is 0 Å². The Hall–Kier alpha value is -1.52. The SMILES string of the molecule is Cc1ccc(OC(=O)CCCOc2cc(C)c(Cl)c(C)c2Br)cc1C. The highest BCUT2D eigenvalue weighted by Crippen LogP contribution is 2.35. The van der Waals surface area contributed by atoms with E-state index in [2.05, 4.69) is 15.9 Å². The van der Waals surface area contributed by atoms with Gasteiger partial charge in [0, 0.05) is 11.4 Å². The standard InChI is InChI=1S/C20H22BrClO3/c1-12-7-8-16(10-13(12)2)25-18(23)6-5-9-24-17-11-14(3)20(22)15(4)19(17)21/h7-8,10-11H,5-6,9H2,1-4H3. The van der Waals surface area contributed by atoms with Crippen molar-refractivity contribution >= 4 is 33.5 Å². The Morgan fingerprint density at radius 3 is 2.48 bits per heavy atom. The number of carbonyl (C=O) groups is 1. The molecule has 0 aliphatic carbocycles. The summed E-state index contributed by atoms with van der Waals surface area (Å²) in [4.78, 5) is 11.9.